The van der Waals surface area contributed by atoms with Crippen LogP contribution in [-0.4, -0.2) is 95.0 Å². The molecule has 0 aliphatic carbocycles. The van der Waals surface area contributed by atoms with Gasteiger partial charge in [0.1, 0.15) is 11.6 Å². The van der Waals surface area contributed by atoms with Gasteiger partial charge < -0.3 is 20.9 Å². The number of piperazine rings is 1. The zero-order chi connectivity index (χ0) is 26.6. The summed E-state index contributed by atoms with van der Waals surface area (Å²) in [5, 5.41) is 3.51. The predicted octanol–water partition coefficient (Wildman–Crippen LogP) is 1.39. The number of halogens is 4. The number of amides is 2. The molecule has 2 fully saturated rings. The number of alkyl halides is 3. The lowest BCUT2D eigenvalue weighted by Gasteiger charge is -2.36. The Morgan fingerprint density at radius 3 is 2.51 bits per heavy atom. The second-order valence-corrected chi connectivity index (χ2v) is 10.0. The Morgan fingerprint density at radius 1 is 1.14 bits per heavy atom. The number of carbonyl (C=O) groups is 2. The summed E-state index contributed by atoms with van der Waals surface area (Å²) in [6, 6.07) is 4.83. The second-order valence-electron chi connectivity index (χ2n) is 9.29. The molecule has 2 saturated heterocycles. The van der Waals surface area contributed by atoms with Gasteiger partial charge in [-0.2, -0.15) is 17.5 Å². The first-order valence-electron chi connectivity index (χ1n) is 12.0. The van der Waals surface area contributed by atoms with E-state index in [1.165, 1.54) is 23.7 Å². The zero-order valence-electron chi connectivity index (χ0n) is 20.1. The minimum atomic E-state index is -4.93. The summed E-state index contributed by atoms with van der Waals surface area (Å²) in [6.45, 7) is 2.82. The fourth-order valence-electron chi connectivity index (χ4n) is 4.48. The molecule has 4 rings (SSSR count). The number of hydrogen-bond acceptors (Lipinski definition) is 8. The molecule has 1 aromatic carbocycles. The fraction of sp³-hybridized carbons (Fsp3) is 0.565. The lowest BCUT2D eigenvalue weighted by Crippen LogP contribution is -2.57. The van der Waals surface area contributed by atoms with Crippen LogP contribution in [0, 0.1) is 5.82 Å². The average molecular weight is 544 g/mol. The van der Waals surface area contributed by atoms with Gasteiger partial charge in [0.05, 0.1) is 6.04 Å². The van der Waals surface area contributed by atoms with Crippen LogP contribution in [0.5, 0.6) is 0 Å². The third-order valence-corrected chi connectivity index (χ3v) is 7.28. The molecular formula is C23H29F4N7O2S. The summed E-state index contributed by atoms with van der Waals surface area (Å²) in [6.07, 6.45) is -3.54. The minimum absolute atomic E-state index is 0.0173. The van der Waals surface area contributed by atoms with Crippen LogP contribution in [0.15, 0.2) is 24.3 Å². The number of likely N-dealkylation sites (tertiary alicyclic amines) is 1. The van der Waals surface area contributed by atoms with Crippen LogP contribution in [0.1, 0.15) is 24.2 Å². The summed E-state index contributed by atoms with van der Waals surface area (Å²) in [5.41, 5.74) is 7.02. The molecule has 2 aromatic rings. The number of hydrogen-bond donors (Lipinski definition) is 2. The van der Waals surface area contributed by atoms with Crippen LogP contribution < -0.4 is 16.0 Å². The van der Waals surface area contributed by atoms with Gasteiger partial charge in [-0.15, -0.1) is 0 Å². The molecular weight excluding hydrogens is 514 g/mol. The van der Waals surface area contributed by atoms with Gasteiger partial charge in [0.25, 0.3) is 0 Å². The van der Waals surface area contributed by atoms with Crippen molar-refractivity contribution in [1.29, 1.82) is 0 Å². The van der Waals surface area contributed by atoms with Gasteiger partial charge in [0.15, 0.2) is 0 Å². The summed E-state index contributed by atoms with van der Waals surface area (Å²) >= 11 is 1.31. The maximum atomic E-state index is 13.1. The molecule has 202 valence electrons. The smallest absolute Gasteiger partial charge is 0.350 e. The van der Waals surface area contributed by atoms with Crippen LogP contribution in [0.3, 0.4) is 0 Å². The van der Waals surface area contributed by atoms with E-state index in [0.29, 0.717) is 57.8 Å². The number of anilines is 1. The summed E-state index contributed by atoms with van der Waals surface area (Å²) in [5.74, 6) is -1.94. The Kier molecular flexibility index (Phi) is 8.60. The number of rotatable bonds is 7. The highest BCUT2D eigenvalue weighted by Crippen LogP contribution is 2.22. The van der Waals surface area contributed by atoms with Crippen molar-refractivity contribution >= 4 is 28.5 Å². The van der Waals surface area contributed by atoms with Crippen LogP contribution in [0.2, 0.25) is 0 Å². The summed E-state index contributed by atoms with van der Waals surface area (Å²) < 4.78 is 55.7. The maximum Gasteiger partial charge on any atom is 0.471 e. The van der Waals surface area contributed by atoms with Crippen LogP contribution in [0.4, 0.5) is 22.7 Å². The van der Waals surface area contributed by atoms with Crippen molar-refractivity contribution in [2.45, 2.75) is 37.5 Å². The minimum Gasteiger partial charge on any atom is -0.350 e. The average Bonchev–Trinajstić information content (AvgIpc) is 3.33. The van der Waals surface area contributed by atoms with Crippen molar-refractivity contribution in [3.8, 4) is 0 Å². The van der Waals surface area contributed by atoms with Gasteiger partial charge in [0, 0.05) is 69.8 Å². The highest BCUT2D eigenvalue weighted by Gasteiger charge is 2.43. The van der Waals surface area contributed by atoms with E-state index in [1.807, 2.05) is 0 Å². The molecule has 3 N–H and O–H groups in total. The lowest BCUT2D eigenvalue weighted by molar-refractivity contribution is -0.186. The van der Waals surface area contributed by atoms with Crippen LogP contribution >= 0.6 is 11.5 Å². The maximum absolute atomic E-state index is 13.1. The third kappa shape index (κ3) is 7.36. The molecule has 0 spiro atoms. The molecule has 0 saturated carbocycles. The number of nitrogens with zero attached hydrogens (tertiary/aromatic N) is 5. The summed E-state index contributed by atoms with van der Waals surface area (Å²) in [7, 11) is 0. The van der Waals surface area contributed by atoms with E-state index < -0.39 is 30.1 Å². The standard InChI is InChI=1S/C23H29F4N7O2S/c24-16-5-3-15(4-6-16)12-19-30-22(37-31-19)33-10-8-32(9-11-33)14-18(28)20(35)29-17-2-1-7-34(13-17)21(36)23(25,26)27/h3-6,17-18H,1-2,7-14,28H2,(H,29,35). The van der Waals surface area contributed by atoms with E-state index in [4.69, 9.17) is 5.73 Å². The third-order valence-electron chi connectivity index (χ3n) is 6.46. The van der Waals surface area contributed by atoms with Gasteiger partial charge >= 0.3 is 12.1 Å². The number of aromatic nitrogens is 2. The van der Waals surface area contributed by atoms with Crippen molar-refractivity contribution in [3.63, 3.8) is 0 Å². The number of carbonyl (C=O) groups excluding carboxylic acids is 2. The number of nitrogens with one attached hydrogen (secondary N) is 1. The Bertz CT molecular complexity index is 1070. The molecule has 2 aliphatic rings. The largest absolute Gasteiger partial charge is 0.471 e. The molecule has 2 amide bonds. The highest BCUT2D eigenvalue weighted by atomic mass is 32.1. The Balaban J connectivity index is 1.20. The van der Waals surface area contributed by atoms with Crippen LogP contribution in [0.25, 0.3) is 0 Å². The first-order valence-corrected chi connectivity index (χ1v) is 12.8. The first kappa shape index (κ1) is 27.2. The first-order chi connectivity index (χ1) is 17.6. The van der Waals surface area contributed by atoms with Gasteiger partial charge in [-0.05, 0) is 30.5 Å². The Morgan fingerprint density at radius 2 is 1.84 bits per heavy atom. The monoisotopic (exact) mass is 543 g/mol. The summed E-state index contributed by atoms with van der Waals surface area (Å²) in [4.78, 5) is 33.6. The van der Waals surface area contributed by atoms with Gasteiger partial charge in [0.2, 0.25) is 11.0 Å². The molecule has 9 nitrogen and oxygen atoms in total. The van der Waals surface area contributed by atoms with E-state index >= 15 is 0 Å². The number of benzene rings is 1. The Hall–Kier alpha value is -2.84. The van der Waals surface area contributed by atoms with Crippen molar-refractivity contribution in [1.82, 2.24) is 24.5 Å². The van der Waals surface area contributed by atoms with Crippen molar-refractivity contribution < 1.29 is 27.2 Å². The fourth-order valence-corrected chi connectivity index (χ4v) is 5.22. The Labute approximate surface area is 215 Å². The number of piperidine rings is 1. The van der Waals surface area contributed by atoms with E-state index in [-0.39, 0.29) is 18.9 Å². The van der Waals surface area contributed by atoms with Crippen molar-refractivity contribution in [2.75, 3.05) is 50.7 Å². The van der Waals surface area contributed by atoms with Crippen molar-refractivity contribution in [2.24, 2.45) is 5.73 Å². The molecule has 14 heteroatoms. The van der Waals surface area contributed by atoms with Gasteiger partial charge in [-0.1, -0.05) is 12.1 Å². The molecule has 3 heterocycles. The van der Waals surface area contributed by atoms with Gasteiger partial charge in [-0.3, -0.25) is 14.5 Å². The highest BCUT2D eigenvalue weighted by molar-refractivity contribution is 7.09. The second kappa shape index (κ2) is 11.7. The molecule has 0 bridgehead atoms. The normalized spacial score (nSPS) is 20.1. The zero-order valence-corrected chi connectivity index (χ0v) is 20.9. The molecule has 2 aliphatic heterocycles. The SMILES string of the molecule is NC(CN1CCN(c2nc(Cc3ccc(F)cc3)ns2)CC1)C(=O)NC1CCCN(C(=O)C(F)(F)F)C1. The van der Waals surface area contributed by atoms with E-state index in [1.54, 1.807) is 12.1 Å². The quantitative estimate of drug-likeness (QED) is 0.509. The van der Waals surface area contributed by atoms with E-state index in [0.717, 1.165) is 15.6 Å². The molecule has 2 atom stereocenters. The molecule has 1 aromatic heterocycles. The topological polar surface area (TPSA) is 108 Å². The lowest BCUT2D eigenvalue weighted by atomic mass is 10.0. The number of nitrogens with two attached hydrogens (primary N) is 1. The molecule has 0 radical (unpaired) electrons. The van der Waals surface area contributed by atoms with E-state index in [2.05, 4.69) is 24.5 Å². The van der Waals surface area contributed by atoms with Crippen LogP contribution in [-0.2, 0) is 16.0 Å². The molecule has 2 unspecified atom stereocenters. The molecule has 37 heavy (non-hydrogen) atoms. The van der Waals surface area contributed by atoms with E-state index in [9.17, 15) is 27.2 Å². The van der Waals surface area contributed by atoms with Gasteiger partial charge in [-0.25, -0.2) is 9.37 Å². The van der Waals surface area contributed by atoms with Crippen molar-refractivity contribution in [3.05, 3.63) is 41.5 Å². The predicted molar refractivity (Wildman–Crippen MR) is 130 cm³/mol.